The number of allylic oxidation sites excluding steroid dienone is 8. The highest BCUT2D eigenvalue weighted by Gasteiger charge is 2.30. The first-order valence-corrected chi connectivity index (χ1v) is 40.9. The molecule has 0 heterocycles. The number of hydrogen-bond donors (Lipinski definition) is 3. The first-order chi connectivity index (χ1) is 45.7. The summed E-state index contributed by atoms with van der Waals surface area (Å²) in [5.41, 5.74) is 0. The number of unbranched alkanes of at least 4 members (excludes halogenated alkanes) is 38. The lowest BCUT2D eigenvalue weighted by Crippen LogP contribution is -2.30. The Labute approximate surface area is 572 Å². The fraction of sp³-hybridized carbons (Fsp3) is 0.840. The van der Waals surface area contributed by atoms with Crippen molar-refractivity contribution in [2.45, 2.75) is 367 Å². The molecule has 0 radical (unpaired) electrons. The molecule has 0 aromatic rings. The number of aliphatic hydroxyl groups is 1. The third-order valence-corrected chi connectivity index (χ3v) is 18.2. The van der Waals surface area contributed by atoms with Crippen LogP contribution < -0.4 is 0 Å². The van der Waals surface area contributed by atoms with Gasteiger partial charge in [0.15, 0.2) is 12.2 Å². The molecule has 0 amide bonds. The maximum absolute atomic E-state index is 13.1. The van der Waals surface area contributed by atoms with Gasteiger partial charge in [-0.05, 0) is 83.5 Å². The van der Waals surface area contributed by atoms with E-state index in [4.69, 9.17) is 37.0 Å². The van der Waals surface area contributed by atoms with E-state index in [0.29, 0.717) is 25.7 Å². The summed E-state index contributed by atoms with van der Waals surface area (Å²) in [6, 6.07) is 0. The Morgan fingerprint density at radius 2 is 0.553 bits per heavy atom. The Kier molecular flexibility index (Phi) is 66.4. The van der Waals surface area contributed by atoms with Crippen molar-refractivity contribution >= 4 is 39.5 Å². The Bertz CT molecular complexity index is 1980. The molecule has 0 aliphatic heterocycles. The van der Waals surface area contributed by atoms with Crippen LogP contribution in [0.4, 0.5) is 0 Å². The molecule has 17 nitrogen and oxygen atoms in total. The third kappa shape index (κ3) is 67.6. The number of ether oxygens (including phenoxy) is 4. The minimum atomic E-state index is -4.97. The Morgan fingerprint density at radius 3 is 0.872 bits per heavy atom. The lowest BCUT2D eigenvalue weighted by molar-refractivity contribution is -0.161. The summed E-state index contributed by atoms with van der Waals surface area (Å²) in [4.78, 5) is 72.7. The first kappa shape index (κ1) is 91.0. The zero-order valence-corrected chi connectivity index (χ0v) is 61.7. The van der Waals surface area contributed by atoms with Gasteiger partial charge in [-0.3, -0.25) is 37.3 Å². The Balaban J connectivity index is 5.31. The molecular formula is C75H138O17P2. The normalized spacial score (nSPS) is 14.2. The van der Waals surface area contributed by atoms with E-state index >= 15 is 0 Å². The average Bonchev–Trinajstić information content (AvgIpc) is 1.67. The maximum Gasteiger partial charge on any atom is 0.472 e. The molecule has 5 atom stereocenters. The molecule has 0 saturated heterocycles. The van der Waals surface area contributed by atoms with Crippen LogP contribution in [0.3, 0.4) is 0 Å². The van der Waals surface area contributed by atoms with Crippen molar-refractivity contribution in [1.82, 2.24) is 0 Å². The van der Waals surface area contributed by atoms with Gasteiger partial charge in [-0.2, -0.15) is 0 Å². The van der Waals surface area contributed by atoms with E-state index in [2.05, 4.69) is 76.3 Å². The summed E-state index contributed by atoms with van der Waals surface area (Å²) >= 11 is 0. The van der Waals surface area contributed by atoms with Crippen LogP contribution in [-0.4, -0.2) is 96.7 Å². The minimum absolute atomic E-state index is 0.0855. The maximum atomic E-state index is 13.1. The van der Waals surface area contributed by atoms with E-state index < -0.39 is 97.5 Å². The average molecular weight is 1370 g/mol. The molecule has 94 heavy (non-hydrogen) atoms. The number of carbonyl (C=O) groups excluding carboxylic acids is 4. The van der Waals surface area contributed by atoms with E-state index in [1.54, 1.807) is 0 Å². The second-order valence-electron chi connectivity index (χ2n) is 25.6. The molecular weight excluding hydrogens is 1230 g/mol. The van der Waals surface area contributed by atoms with Gasteiger partial charge >= 0.3 is 39.5 Å². The van der Waals surface area contributed by atoms with Crippen molar-refractivity contribution in [3.63, 3.8) is 0 Å². The van der Waals surface area contributed by atoms with Crippen molar-refractivity contribution < 1.29 is 80.2 Å². The van der Waals surface area contributed by atoms with Crippen molar-refractivity contribution in [2.24, 2.45) is 0 Å². The van der Waals surface area contributed by atoms with Gasteiger partial charge < -0.3 is 33.8 Å². The summed E-state index contributed by atoms with van der Waals surface area (Å²) in [6.45, 7) is 4.78. The van der Waals surface area contributed by atoms with Crippen molar-refractivity contribution in [2.75, 3.05) is 39.6 Å². The largest absolute Gasteiger partial charge is 0.472 e. The molecule has 0 saturated carbocycles. The molecule has 5 unspecified atom stereocenters. The lowest BCUT2D eigenvalue weighted by Gasteiger charge is -2.21. The second kappa shape index (κ2) is 68.5. The molecule has 550 valence electrons. The highest BCUT2D eigenvalue weighted by atomic mass is 31.2. The highest BCUT2D eigenvalue weighted by molar-refractivity contribution is 7.47. The van der Waals surface area contributed by atoms with Gasteiger partial charge in [-0.1, -0.05) is 288 Å². The predicted molar refractivity (Wildman–Crippen MR) is 381 cm³/mol. The van der Waals surface area contributed by atoms with Crippen molar-refractivity contribution in [3.8, 4) is 0 Å². The molecule has 0 bridgehead atoms. The fourth-order valence-corrected chi connectivity index (χ4v) is 12.1. The number of rotatable bonds is 72. The summed E-state index contributed by atoms with van der Waals surface area (Å²) in [6.07, 6.45) is 63.8. The van der Waals surface area contributed by atoms with E-state index in [0.717, 1.165) is 135 Å². The molecule has 3 N–H and O–H groups in total. The van der Waals surface area contributed by atoms with Gasteiger partial charge in [0.2, 0.25) is 0 Å². The number of hydrogen-bond acceptors (Lipinski definition) is 15. The van der Waals surface area contributed by atoms with Crippen LogP contribution in [0.25, 0.3) is 0 Å². The minimum Gasteiger partial charge on any atom is -0.462 e. The monoisotopic (exact) mass is 1370 g/mol. The van der Waals surface area contributed by atoms with Crippen LogP contribution in [-0.2, 0) is 65.4 Å². The van der Waals surface area contributed by atoms with Gasteiger partial charge in [-0.15, -0.1) is 0 Å². The van der Waals surface area contributed by atoms with Crippen LogP contribution in [0, 0.1) is 0 Å². The van der Waals surface area contributed by atoms with Crippen LogP contribution in [0.1, 0.15) is 349 Å². The summed E-state index contributed by atoms with van der Waals surface area (Å²) in [5, 5.41) is 10.6. The molecule has 19 heteroatoms. The van der Waals surface area contributed by atoms with Gasteiger partial charge in [0.1, 0.15) is 19.3 Å². The summed E-state index contributed by atoms with van der Waals surface area (Å²) in [5.74, 6) is -2.17. The number of phosphoric acid groups is 2. The topological polar surface area (TPSA) is 237 Å². The zero-order chi connectivity index (χ0) is 69.0. The number of aliphatic hydroxyl groups excluding tert-OH is 1. The number of esters is 4. The second-order valence-corrected chi connectivity index (χ2v) is 28.5. The fourth-order valence-electron chi connectivity index (χ4n) is 10.5. The molecule has 0 aromatic carbocycles. The van der Waals surface area contributed by atoms with Crippen LogP contribution in [0.15, 0.2) is 48.6 Å². The van der Waals surface area contributed by atoms with Gasteiger partial charge in [0, 0.05) is 25.7 Å². The van der Waals surface area contributed by atoms with Crippen LogP contribution >= 0.6 is 15.6 Å². The molecule has 0 aliphatic carbocycles. The zero-order valence-electron chi connectivity index (χ0n) is 59.9. The summed E-state index contributed by atoms with van der Waals surface area (Å²) < 4.78 is 68.4. The van der Waals surface area contributed by atoms with Crippen LogP contribution in [0.2, 0.25) is 0 Å². The quantitative estimate of drug-likeness (QED) is 0.0169. The van der Waals surface area contributed by atoms with Gasteiger partial charge in [0.25, 0.3) is 0 Å². The van der Waals surface area contributed by atoms with Gasteiger partial charge in [-0.25, -0.2) is 9.13 Å². The number of phosphoric ester groups is 2. The molecule has 0 rings (SSSR count). The molecule has 0 aromatic heterocycles. The van der Waals surface area contributed by atoms with E-state index in [1.807, 2.05) is 0 Å². The van der Waals surface area contributed by atoms with Crippen LogP contribution in [0.5, 0.6) is 0 Å². The predicted octanol–water partition coefficient (Wildman–Crippen LogP) is 21.3. The van der Waals surface area contributed by atoms with Crippen molar-refractivity contribution in [1.29, 1.82) is 0 Å². The van der Waals surface area contributed by atoms with Crippen molar-refractivity contribution in [3.05, 3.63) is 48.6 Å². The van der Waals surface area contributed by atoms with E-state index in [9.17, 15) is 43.2 Å². The van der Waals surface area contributed by atoms with Gasteiger partial charge in [0.05, 0.1) is 26.4 Å². The lowest BCUT2D eigenvalue weighted by atomic mass is 10.0. The Morgan fingerprint density at radius 1 is 0.309 bits per heavy atom. The summed E-state index contributed by atoms with van der Waals surface area (Å²) in [7, 11) is -9.93. The molecule has 0 spiro atoms. The van der Waals surface area contributed by atoms with E-state index in [-0.39, 0.29) is 25.7 Å². The number of carbonyl (C=O) groups is 4. The first-order valence-electron chi connectivity index (χ1n) is 37.9. The Hall–Kier alpha value is -2.98. The highest BCUT2D eigenvalue weighted by Crippen LogP contribution is 2.45. The SMILES string of the molecule is CC/C=C\C/C=C\C/C=C\CCCCCCCC(=O)OCC(COP(=O)(O)OCC(O)COP(=O)(O)OCC(COC(=O)CCCCCCCCCCCCCCC)OC(=O)CCCCCCCCCCCCCCC)OC(=O)CCCCCCC/C=C\CCCCCC. The third-order valence-electron chi connectivity index (χ3n) is 16.3. The van der Waals surface area contributed by atoms with E-state index in [1.165, 1.54) is 135 Å². The molecule has 0 aliphatic rings. The smallest absolute Gasteiger partial charge is 0.462 e. The molecule has 0 fully saturated rings. The standard InChI is InChI=1S/C75H138O17P2/c1-5-9-13-17-21-25-29-33-34-38-40-44-48-52-56-60-73(78)86-66-71(92-75(80)62-58-54-50-46-42-37-32-28-24-20-16-12-8-4)68-90-94(83,84)88-64-69(76)63-87-93(81,82)89-67-70(91-74(79)61-57-53-49-45-41-36-31-27-23-19-15-11-7-3)65-85-72(77)59-55-51-47-43-39-35-30-26-22-18-14-10-6-2/h9,13,21,25,28,32-34,69-71,76H,5-8,10-12,14-20,22-24,26-27,29-31,35-68H2,1-4H3,(H,81,82)(H,83,84)/b13-9-,25-21-,32-28-,34-33-.